The maximum atomic E-state index is 4.73. The molecule has 5 nitrogen and oxygen atoms in total. The van der Waals surface area contributed by atoms with Gasteiger partial charge >= 0.3 is 0 Å². The van der Waals surface area contributed by atoms with Crippen molar-refractivity contribution in [2.75, 3.05) is 18.0 Å². The second-order valence-corrected chi connectivity index (χ2v) is 7.41. The van der Waals surface area contributed by atoms with Crippen LogP contribution < -0.4 is 4.90 Å². The summed E-state index contributed by atoms with van der Waals surface area (Å²) in [5.74, 6) is 1.06. The van der Waals surface area contributed by atoms with E-state index in [1.54, 1.807) is 17.5 Å². The number of aromatic nitrogens is 4. The van der Waals surface area contributed by atoms with Gasteiger partial charge in [0, 0.05) is 42.8 Å². The van der Waals surface area contributed by atoms with Crippen LogP contribution in [0.25, 0.3) is 32.2 Å². The quantitative estimate of drug-likeness (QED) is 0.542. The highest BCUT2D eigenvalue weighted by Gasteiger charge is 2.14. The number of fused-ring (bicyclic) bond motifs is 1. The number of anilines is 1. The lowest BCUT2D eigenvalue weighted by atomic mass is 10.2. The highest BCUT2D eigenvalue weighted by molar-refractivity contribution is 7.21. The minimum atomic E-state index is 0.773. The number of pyridine rings is 3. The molecule has 0 bridgehead atoms. The third-order valence-corrected chi connectivity index (χ3v) is 5.69. The standard InChI is InChI=1S/C20H17N5S/c1-2-11-25(10-1)18-8-5-15(13-22-18)20-24-19-17(26-20)7-6-16(23-19)14-4-3-9-21-12-14/h3-9,12-13H,1-2,10-11H2. The minimum Gasteiger partial charge on any atom is -0.357 e. The normalized spacial score (nSPS) is 14.2. The fourth-order valence-corrected chi connectivity index (χ4v) is 4.16. The van der Waals surface area contributed by atoms with Crippen molar-refractivity contribution in [3.05, 3.63) is 55.0 Å². The van der Waals surface area contributed by atoms with E-state index in [0.717, 1.165) is 51.1 Å². The zero-order chi connectivity index (χ0) is 17.3. The molecule has 0 amide bonds. The first-order chi connectivity index (χ1) is 12.9. The second-order valence-electron chi connectivity index (χ2n) is 6.38. The van der Waals surface area contributed by atoms with Gasteiger partial charge in [-0.15, -0.1) is 11.3 Å². The maximum Gasteiger partial charge on any atom is 0.171 e. The van der Waals surface area contributed by atoms with Crippen molar-refractivity contribution in [3.8, 4) is 21.8 Å². The molecule has 0 N–H and O–H groups in total. The fraction of sp³-hybridized carbons (Fsp3) is 0.200. The van der Waals surface area contributed by atoms with Crippen molar-refractivity contribution in [2.45, 2.75) is 12.8 Å². The van der Waals surface area contributed by atoms with Gasteiger partial charge in [-0.2, -0.15) is 0 Å². The molecule has 4 aromatic heterocycles. The predicted octanol–water partition coefficient (Wildman–Crippen LogP) is 4.42. The smallest absolute Gasteiger partial charge is 0.171 e. The Morgan fingerprint density at radius 3 is 2.58 bits per heavy atom. The van der Waals surface area contributed by atoms with E-state index in [2.05, 4.69) is 33.1 Å². The topological polar surface area (TPSA) is 54.8 Å². The molecule has 0 spiro atoms. The Morgan fingerprint density at radius 1 is 0.885 bits per heavy atom. The largest absolute Gasteiger partial charge is 0.357 e. The molecule has 4 aromatic rings. The summed E-state index contributed by atoms with van der Waals surface area (Å²) < 4.78 is 1.08. The van der Waals surface area contributed by atoms with Crippen molar-refractivity contribution in [3.63, 3.8) is 0 Å². The van der Waals surface area contributed by atoms with Crippen molar-refractivity contribution in [2.24, 2.45) is 0 Å². The second kappa shape index (κ2) is 6.46. The third kappa shape index (κ3) is 2.82. The Bertz CT molecular complexity index is 1040. The van der Waals surface area contributed by atoms with E-state index in [-0.39, 0.29) is 0 Å². The van der Waals surface area contributed by atoms with Crippen LogP contribution in [0.4, 0.5) is 5.82 Å². The average Bonchev–Trinajstić information content (AvgIpc) is 3.38. The van der Waals surface area contributed by atoms with Crippen LogP contribution >= 0.6 is 11.3 Å². The number of hydrogen-bond donors (Lipinski definition) is 0. The number of hydrogen-bond acceptors (Lipinski definition) is 6. The number of rotatable bonds is 3. The van der Waals surface area contributed by atoms with E-state index >= 15 is 0 Å². The average molecular weight is 359 g/mol. The molecule has 5 rings (SSSR count). The lowest BCUT2D eigenvalue weighted by molar-refractivity contribution is 0.938. The fourth-order valence-electron chi connectivity index (χ4n) is 3.26. The Hall–Kier alpha value is -2.86. The third-order valence-electron chi connectivity index (χ3n) is 4.64. The highest BCUT2D eigenvalue weighted by Crippen LogP contribution is 2.31. The van der Waals surface area contributed by atoms with Gasteiger partial charge in [-0.1, -0.05) is 0 Å². The molecular formula is C20H17N5S. The predicted molar refractivity (Wildman–Crippen MR) is 105 cm³/mol. The molecule has 26 heavy (non-hydrogen) atoms. The Morgan fingerprint density at radius 2 is 1.81 bits per heavy atom. The molecule has 0 saturated carbocycles. The summed E-state index contributed by atoms with van der Waals surface area (Å²) in [7, 11) is 0. The van der Waals surface area contributed by atoms with Crippen molar-refractivity contribution in [1.29, 1.82) is 0 Å². The lowest BCUT2D eigenvalue weighted by Crippen LogP contribution is -2.18. The molecule has 0 radical (unpaired) electrons. The summed E-state index contributed by atoms with van der Waals surface area (Å²) in [4.78, 5) is 20.6. The minimum absolute atomic E-state index is 0.773. The van der Waals surface area contributed by atoms with Crippen LogP contribution in [0.3, 0.4) is 0 Å². The molecule has 128 valence electrons. The number of thiazole rings is 1. The first kappa shape index (κ1) is 15.4. The van der Waals surface area contributed by atoms with E-state index in [0.29, 0.717) is 0 Å². The molecule has 0 aliphatic carbocycles. The van der Waals surface area contributed by atoms with E-state index in [4.69, 9.17) is 9.97 Å². The summed E-state index contributed by atoms with van der Waals surface area (Å²) >= 11 is 1.65. The summed E-state index contributed by atoms with van der Waals surface area (Å²) in [6, 6.07) is 12.2. The van der Waals surface area contributed by atoms with Gasteiger partial charge in [0.1, 0.15) is 10.8 Å². The van der Waals surface area contributed by atoms with Gasteiger partial charge in [0.15, 0.2) is 5.65 Å². The first-order valence-electron chi connectivity index (χ1n) is 8.76. The van der Waals surface area contributed by atoms with Crippen LogP contribution in [0.15, 0.2) is 55.0 Å². The zero-order valence-corrected chi connectivity index (χ0v) is 15.0. The van der Waals surface area contributed by atoms with Gasteiger partial charge in [-0.3, -0.25) is 4.98 Å². The monoisotopic (exact) mass is 359 g/mol. The van der Waals surface area contributed by atoms with E-state index in [9.17, 15) is 0 Å². The van der Waals surface area contributed by atoms with E-state index in [1.165, 1.54) is 12.8 Å². The van der Waals surface area contributed by atoms with Gasteiger partial charge in [-0.05, 0) is 49.2 Å². The summed E-state index contributed by atoms with van der Waals surface area (Å²) in [6.45, 7) is 2.21. The van der Waals surface area contributed by atoms with Gasteiger partial charge < -0.3 is 4.90 Å². The molecule has 1 saturated heterocycles. The Kier molecular flexibility index (Phi) is 3.83. The van der Waals surface area contributed by atoms with E-state index in [1.807, 2.05) is 30.6 Å². The molecule has 0 aromatic carbocycles. The van der Waals surface area contributed by atoms with Crippen molar-refractivity contribution >= 4 is 27.5 Å². The molecular weight excluding hydrogens is 342 g/mol. The molecule has 0 unspecified atom stereocenters. The summed E-state index contributed by atoms with van der Waals surface area (Å²) in [6.07, 6.45) is 8.02. The van der Waals surface area contributed by atoms with Crippen LogP contribution in [-0.2, 0) is 0 Å². The van der Waals surface area contributed by atoms with Crippen molar-refractivity contribution in [1.82, 2.24) is 19.9 Å². The van der Waals surface area contributed by atoms with Gasteiger partial charge in [-0.25, -0.2) is 15.0 Å². The van der Waals surface area contributed by atoms with Crippen LogP contribution in [0.5, 0.6) is 0 Å². The highest BCUT2D eigenvalue weighted by atomic mass is 32.1. The van der Waals surface area contributed by atoms with Crippen LogP contribution in [-0.4, -0.2) is 33.0 Å². The van der Waals surface area contributed by atoms with Crippen molar-refractivity contribution < 1.29 is 0 Å². The van der Waals surface area contributed by atoms with Gasteiger partial charge in [0.25, 0.3) is 0 Å². The summed E-state index contributed by atoms with van der Waals surface area (Å²) in [5.41, 5.74) is 3.71. The lowest BCUT2D eigenvalue weighted by Gasteiger charge is -2.15. The number of nitrogens with zero attached hydrogens (tertiary/aromatic N) is 5. The van der Waals surface area contributed by atoms with E-state index < -0.39 is 0 Å². The first-order valence-corrected chi connectivity index (χ1v) is 9.58. The molecule has 1 aliphatic heterocycles. The SMILES string of the molecule is c1cncc(-c2ccc3sc(-c4ccc(N5CCCC5)nc4)nc3n2)c1. The Labute approximate surface area is 155 Å². The molecule has 1 aliphatic rings. The zero-order valence-electron chi connectivity index (χ0n) is 14.2. The van der Waals surface area contributed by atoms with Gasteiger partial charge in [0.2, 0.25) is 0 Å². The molecule has 6 heteroatoms. The summed E-state index contributed by atoms with van der Waals surface area (Å²) in [5, 5.41) is 0.955. The molecule has 1 fully saturated rings. The Balaban J connectivity index is 1.47. The van der Waals surface area contributed by atoms with Gasteiger partial charge in [0.05, 0.1) is 10.4 Å². The van der Waals surface area contributed by atoms with Crippen LogP contribution in [0.2, 0.25) is 0 Å². The maximum absolute atomic E-state index is 4.73. The van der Waals surface area contributed by atoms with Crippen LogP contribution in [0, 0.1) is 0 Å². The van der Waals surface area contributed by atoms with Crippen LogP contribution in [0.1, 0.15) is 12.8 Å². The molecule has 0 atom stereocenters. The molecule has 5 heterocycles.